The van der Waals surface area contributed by atoms with Crippen molar-refractivity contribution in [2.24, 2.45) is 5.41 Å². The molecule has 0 amide bonds. The zero-order valence-corrected chi connectivity index (χ0v) is 32.3. The monoisotopic (exact) mass is 639 g/mol. The average molecular weight is 639 g/mol. The molecule has 233 valence electrons. The van der Waals surface area contributed by atoms with Gasteiger partial charge in [0.05, 0.1) is 0 Å². The molecular formula is C42H61Ge. The minimum atomic E-state index is -2.34. The third kappa shape index (κ3) is 8.16. The molecule has 1 heteroatoms. The zero-order valence-electron chi connectivity index (χ0n) is 30.2. The Hall–Kier alpha value is -2.06. The summed E-state index contributed by atoms with van der Waals surface area (Å²) >= 11 is -2.34. The fourth-order valence-electron chi connectivity index (χ4n) is 6.30. The molecule has 0 nitrogen and oxygen atoms in total. The average Bonchev–Trinajstić information content (AvgIpc) is 2.91. The van der Waals surface area contributed by atoms with Crippen LogP contribution in [0.25, 0.3) is 5.57 Å². The van der Waals surface area contributed by atoms with Gasteiger partial charge in [0.2, 0.25) is 0 Å². The van der Waals surface area contributed by atoms with Crippen molar-refractivity contribution < 1.29 is 0 Å². The first-order chi connectivity index (χ1) is 19.9. The van der Waals surface area contributed by atoms with E-state index in [2.05, 4.69) is 163 Å². The molecule has 0 heterocycles. The van der Waals surface area contributed by atoms with Gasteiger partial charge in [-0.2, -0.15) is 0 Å². The van der Waals surface area contributed by atoms with E-state index in [0.29, 0.717) is 35.5 Å². The molecule has 0 atom stereocenters. The van der Waals surface area contributed by atoms with Crippen molar-refractivity contribution in [3.8, 4) is 0 Å². The molecule has 0 aliphatic carbocycles. The van der Waals surface area contributed by atoms with Gasteiger partial charge in [0, 0.05) is 0 Å². The quantitative estimate of drug-likeness (QED) is 0.194. The van der Waals surface area contributed by atoms with Gasteiger partial charge in [0.25, 0.3) is 0 Å². The summed E-state index contributed by atoms with van der Waals surface area (Å²) in [7, 11) is 0. The minimum absolute atomic E-state index is 0.0291. The van der Waals surface area contributed by atoms with E-state index >= 15 is 0 Å². The van der Waals surface area contributed by atoms with Gasteiger partial charge >= 0.3 is 272 Å². The summed E-state index contributed by atoms with van der Waals surface area (Å²) in [6, 6.07) is 21.6. The van der Waals surface area contributed by atoms with Gasteiger partial charge in [-0.05, 0) is 0 Å². The van der Waals surface area contributed by atoms with E-state index in [-0.39, 0.29) is 5.41 Å². The Labute approximate surface area is 270 Å². The second-order valence-corrected chi connectivity index (χ2v) is 20.1. The predicted octanol–water partition coefficient (Wildman–Crippen LogP) is 11.7. The summed E-state index contributed by atoms with van der Waals surface area (Å²) in [5.41, 5.74) is 12.2. The van der Waals surface area contributed by atoms with Crippen molar-refractivity contribution >= 4 is 28.7 Å². The van der Waals surface area contributed by atoms with E-state index in [0.717, 1.165) is 0 Å². The summed E-state index contributed by atoms with van der Waals surface area (Å²) in [6.45, 7) is 36.0. The van der Waals surface area contributed by atoms with E-state index < -0.39 is 14.3 Å². The van der Waals surface area contributed by atoms with Crippen LogP contribution in [0.5, 0.6) is 0 Å². The molecule has 3 aromatic rings. The second kappa shape index (κ2) is 14.4. The summed E-state index contributed by atoms with van der Waals surface area (Å²) in [5, 5.41) is 0. The van der Waals surface area contributed by atoms with Crippen LogP contribution in [0.15, 0.2) is 59.5 Å². The van der Waals surface area contributed by atoms with Crippen LogP contribution < -0.4 is 8.79 Å². The first kappa shape index (κ1) is 35.4. The molecule has 3 rings (SSSR count). The van der Waals surface area contributed by atoms with Crippen LogP contribution in [-0.4, -0.2) is 14.3 Å². The van der Waals surface area contributed by atoms with E-state index in [1.807, 2.05) is 0 Å². The molecule has 0 fully saturated rings. The zero-order chi connectivity index (χ0) is 32.4. The summed E-state index contributed by atoms with van der Waals surface area (Å²) in [5.74, 6) is 2.91. The number of hydrogen-bond acceptors (Lipinski definition) is 0. The second-order valence-electron chi connectivity index (χ2n) is 15.7. The Morgan fingerprint density at radius 2 is 0.837 bits per heavy atom. The van der Waals surface area contributed by atoms with Crippen LogP contribution in [0, 0.1) is 5.41 Å². The van der Waals surface area contributed by atoms with Gasteiger partial charge in [-0.3, -0.25) is 0 Å². The predicted molar refractivity (Wildman–Crippen MR) is 196 cm³/mol. The Bertz CT molecular complexity index is 1260. The maximum absolute atomic E-state index is 2.85. The van der Waals surface area contributed by atoms with Crippen LogP contribution in [0.1, 0.15) is 178 Å². The Morgan fingerprint density at radius 3 is 1.09 bits per heavy atom. The van der Waals surface area contributed by atoms with Crippen LogP contribution >= 0.6 is 0 Å². The molecule has 0 saturated heterocycles. The van der Waals surface area contributed by atoms with Crippen LogP contribution in [0.4, 0.5) is 0 Å². The number of rotatable bonds is 10. The molecule has 0 unspecified atom stereocenters. The maximum atomic E-state index is 2.85. The third-order valence-electron chi connectivity index (χ3n) is 8.98. The molecule has 0 aliphatic rings. The van der Waals surface area contributed by atoms with Crippen molar-refractivity contribution in [2.75, 3.05) is 0 Å². The molecule has 1 radical (unpaired) electrons. The molecular weight excluding hydrogens is 577 g/mol. The fourth-order valence-corrected chi connectivity index (χ4v) is 14.9. The molecule has 43 heavy (non-hydrogen) atoms. The van der Waals surface area contributed by atoms with Gasteiger partial charge in [-0.1, -0.05) is 0 Å². The molecule has 0 aromatic heterocycles. The Morgan fingerprint density at radius 1 is 0.512 bits per heavy atom. The van der Waals surface area contributed by atoms with E-state index in [9.17, 15) is 0 Å². The number of allylic oxidation sites excluding steroid dienone is 1. The molecule has 0 bridgehead atoms. The normalized spacial score (nSPS) is 13.2. The molecule has 0 spiro atoms. The Balaban J connectivity index is 2.68. The van der Waals surface area contributed by atoms with Gasteiger partial charge in [0.15, 0.2) is 0 Å². The standard InChI is InChI=1S/C42H61Ge/c1-26(2)33-21-35(28(5)6)40(36(22-33)29(7)8)43(25-39(42(13,14)15)32-19-17-16-18-20-32)41-37(30(9)10)23-34(27(3)4)24-38(41)31(11)12/h16-31H,1-15H3/b39-25+. The van der Waals surface area contributed by atoms with Gasteiger partial charge in [0.1, 0.15) is 0 Å². The Kier molecular flexibility index (Phi) is 11.8. The number of hydrogen-bond donors (Lipinski definition) is 0. The van der Waals surface area contributed by atoms with E-state index in [1.54, 1.807) is 31.0 Å². The summed E-state index contributed by atoms with van der Waals surface area (Å²) in [6.07, 6.45) is 0. The van der Waals surface area contributed by atoms with Crippen molar-refractivity contribution in [3.05, 3.63) is 98.4 Å². The fraction of sp³-hybridized carbons (Fsp3) is 0.524. The van der Waals surface area contributed by atoms with Gasteiger partial charge in [-0.25, -0.2) is 0 Å². The topological polar surface area (TPSA) is 0 Å². The molecule has 3 aromatic carbocycles. The SMILES string of the molecule is CC(C)c1cc(C(C)C)[c]([Ge](/[CH]=C(\c2ccccc2)C(C)(C)C)[c]2c(C(C)C)cc(C(C)C)cc2C(C)C)c(C(C)C)c1. The number of benzene rings is 3. The third-order valence-corrected chi connectivity index (χ3v) is 14.9. The summed E-state index contributed by atoms with van der Waals surface area (Å²) < 4.78 is 3.40. The van der Waals surface area contributed by atoms with Gasteiger partial charge in [-0.15, -0.1) is 0 Å². The molecule has 0 saturated carbocycles. The van der Waals surface area contributed by atoms with Crippen molar-refractivity contribution in [2.45, 2.75) is 139 Å². The van der Waals surface area contributed by atoms with Crippen LogP contribution in [-0.2, 0) is 0 Å². The summed E-state index contributed by atoms with van der Waals surface area (Å²) in [4.78, 5) is 2.85. The van der Waals surface area contributed by atoms with E-state index in [1.165, 1.54) is 22.3 Å². The molecule has 0 aliphatic heterocycles. The van der Waals surface area contributed by atoms with Crippen LogP contribution in [0.3, 0.4) is 0 Å². The van der Waals surface area contributed by atoms with E-state index in [4.69, 9.17) is 0 Å². The molecule has 0 N–H and O–H groups in total. The van der Waals surface area contributed by atoms with Crippen molar-refractivity contribution in [1.29, 1.82) is 0 Å². The first-order valence-corrected chi connectivity index (χ1v) is 20.3. The first-order valence-electron chi connectivity index (χ1n) is 17.0. The van der Waals surface area contributed by atoms with Gasteiger partial charge < -0.3 is 0 Å². The van der Waals surface area contributed by atoms with Crippen LogP contribution in [0.2, 0.25) is 0 Å². The van der Waals surface area contributed by atoms with Crippen molar-refractivity contribution in [1.82, 2.24) is 0 Å². The van der Waals surface area contributed by atoms with Crippen molar-refractivity contribution in [3.63, 3.8) is 0 Å².